The minimum absolute atomic E-state index is 1.00. The third-order valence-corrected chi connectivity index (χ3v) is 1.38. The Morgan fingerprint density at radius 1 is 1.71 bits per heavy atom. The van der Waals surface area contributed by atoms with Crippen molar-refractivity contribution in [2.24, 2.45) is 7.05 Å². The first kappa shape index (κ1) is 4.78. The molecule has 1 heterocycles. The van der Waals surface area contributed by atoms with Gasteiger partial charge >= 0.3 is 0 Å². The maximum atomic E-state index is 4.11. The lowest BCUT2D eigenvalue weighted by molar-refractivity contribution is 0.832. The van der Waals surface area contributed by atoms with E-state index in [4.69, 9.17) is 0 Å². The van der Waals surface area contributed by atoms with Gasteiger partial charge in [0.15, 0.2) is 0 Å². The maximum Gasteiger partial charge on any atom is 0.0714 e. The fraction of sp³-hybridized carbons (Fsp3) is 0.200. The molecule has 38 valence electrons. The molecule has 1 nitrogen and oxygen atoms in total. The van der Waals surface area contributed by atoms with Gasteiger partial charge in [0.2, 0.25) is 0 Å². The highest BCUT2D eigenvalue weighted by atomic mass is 32.1. The Kier molecular flexibility index (Phi) is 1.11. The molecule has 0 bridgehead atoms. The van der Waals surface area contributed by atoms with Gasteiger partial charge in [-0.25, -0.2) is 0 Å². The van der Waals surface area contributed by atoms with Gasteiger partial charge in [-0.1, -0.05) is 0 Å². The molecule has 0 unspecified atom stereocenters. The molecule has 1 rings (SSSR count). The zero-order chi connectivity index (χ0) is 5.28. The molecule has 0 amide bonds. The van der Waals surface area contributed by atoms with Crippen molar-refractivity contribution in [3.05, 3.63) is 18.3 Å². The highest BCUT2D eigenvalue weighted by Crippen LogP contribution is 2.02. The number of rotatable bonds is 0. The molecule has 0 aliphatic heterocycles. The Morgan fingerprint density at radius 2 is 2.43 bits per heavy atom. The van der Waals surface area contributed by atoms with Gasteiger partial charge < -0.3 is 4.57 Å². The number of thiol groups is 1. The molecule has 0 fully saturated rings. The minimum atomic E-state index is 1.00. The van der Waals surface area contributed by atoms with Crippen LogP contribution >= 0.6 is 12.6 Å². The summed E-state index contributed by atoms with van der Waals surface area (Å²) in [5.41, 5.74) is 0. The molecule has 0 aliphatic rings. The van der Waals surface area contributed by atoms with E-state index < -0.39 is 0 Å². The van der Waals surface area contributed by atoms with Crippen LogP contribution in [0.1, 0.15) is 0 Å². The van der Waals surface area contributed by atoms with Gasteiger partial charge in [0.05, 0.1) is 5.03 Å². The second kappa shape index (κ2) is 1.62. The molecule has 0 saturated carbocycles. The van der Waals surface area contributed by atoms with Crippen LogP contribution in [0.4, 0.5) is 0 Å². The van der Waals surface area contributed by atoms with Crippen LogP contribution in [-0.2, 0) is 7.05 Å². The molecule has 0 atom stereocenters. The lowest BCUT2D eigenvalue weighted by atomic mass is 10.7. The molecule has 0 spiro atoms. The molecule has 0 N–H and O–H groups in total. The van der Waals surface area contributed by atoms with Gasteiger partial charge in [0.25, 0.3) is 0 Å². The smallest absolute Gasteiger partial charge is 0.0714 e. The monoisotopic (exact) mass is 113 g/mol. The van der Waals surface area contributed by atoms with E-state index in [0.717, 1.165) is 5.03 Å². The average molecular weight is 113 g/mol. The minimum Gasteiger partial charge on any atom is -0.346 e. The second-order valence-electron chi connectivity index (χ2n) is 1.48. The lowest BCUT2D eigenvalue weighted by Crippen LogP contribution is -1.81. The molecule has 0 saturated heterocycles. The summed E-state index contributed by atoms with van der Waals surface area (Å²) in [4.78, 5) is 0. The summed E-state index contributed by atoms with van der Waals surface area (Å²) in [6.45, 7) is 0. The Balaban J connectivity index is 3.12. The summed E-state index contributed by atoms with van der Waals surface area (Å²) in [6, 6.07) is 3.91. The summed E-state index contributed by atoms with van der Waals surface area (Å²) in [5.74, 6) is 0. The summed E-state index contributed by atoms with van der Waals surface area (Å²) < 4.78 is 1.95. The molecular weight excluding hydrogens is 106 g/mol. The van der Waals surface area contributed by atoms with E-state index in [1.54, 1.807) is 0 Å². The first-order valence-corrected chi connectivity index (χ1v) is 2.56. The van der Waals surface area contributed by atoms with E-state index >= 15 is 0 Å². The van der Waals surface area contributed by atoms with E-state index in [9.17, 15) is 0 Å². The summed E-state index contributed by atoms with van der Waals surface area (Å²) in [7, 11) is 1.96. The standard InChI is InChI=1S/C5H7NS/c1-6-4-2-3-5(6)7/h2-4,7H,1H3. The van der Waals surface area contributed by atoms with Gasteiger partial charge in [-0.05, 0) is 12.1 Å². The van der Waals surface area contributed by atoms with Crippen molar-refractivity contribution >= 4 is 12.6 Å². The molecule has 2 heteroatoms. The van der Waals surface area contributed by atoms with Crippen molar-refractivity contribution in [3.8, 4) is 0 Å². The normalized spacial score (nSPS) is 9.43. The molecule has 0 aliphatic carbocycles. The van der Waals surface area contributed by atoms with Crippen molar-refractivity contribution in [1.82, 2.24) is 4.57 Å². The molecular formula is C5H7NS. The first-order valence-electron chi connectivity index (χ1n) is 2.11. The van der Waals surface area contributed by atoms with Gasteiger partial charge in [-0.15, -0.1) is 12.6 Å². The SMILES string of the molecule is Cn1cccc1S. The first-order chi connectivity index (χ1) is 3.30. The largest absolute Gasteiger partial charge is 0.346 e. The Morgan fingerprint density at radius 3 is 2.57 bits per heavy atom. The summed E-state index contributed by atoms with van der Waals surface area (Å²) >= 11 is 4.11. The third kappa shape index (κ3) is 0.800. The molecule has 7 heavy (non-hydrogen) atoms. The van der Waals surface area contributed by atoms with Crippen molar-refractivity contribution in [2.75, 3.05) is 0 Å². The summed E-state index contributed by atoms with van der Waals surface area (Å²) in [6.07, 6.45) is 1.96. The average Bonchev–Trinajstić information content (AvgIpc) is 1.91. The van der Waals surface area contributed by atoms with Crippen LogP contribution in [0.25, 0.3) is 0 Å². The lowest BCUT2D eigenvalue weighted by Gasteiger charge is -1.88. The van der Waals surface area contributed by atoms with Crippen molar-refractivity contribution in [1.29, 1.82) is 0 Å². The molecule has 0 radical (unpaired) electrons. The zero-order valence-corrected chi connectivity index (χ0v) is 5.02. The number of aromatic nitrogens is 1. The van der Waals surface area contributed by atoms with Crippen molar-refractivity contribution in [3.63, 3.8) is 0 Å². The third-order valence-electron chi connectivity index (χ3n) is 0.916. The Labute approximate surface area is 48.4 Å². The van der Waals surface area contributed by atoms with Gasteiger partial charge in [0, 0.05) is 13.2 Å². The number of nitrogens with zero attached hydrogens (tertiary/aromatic N) is 1. The van der Waals surface area contributed by atoms with E-state index in [1.165, 1.54) is 0 Å². The number of hydrogen-bond donors (Lipinski definition) is 1. The molecule has 1 aromatic heterocycles. The fourth-order valence-electron chi connectivity index (χ4n) is 0.452. The number of aryl methyl sites for hydroxylation is 1. The zero-order valence-electron chi connectivity index (χ0n) is 4.13. The highest BCUT2D eigenvalue weighted by Gasteiger charge is 1.83. The number of hydrogen-bond acceptors (Lipinski definition) is 1. The van der Waals surface area contributed by atoms with E-state index in [1.807, 2.05) is 29.9 Å². The van der Waals surface area contributed by atoms with Crippen LogP contribution in [0, 0.1) is 0 Å². The van der Waals surface area contributed by atoms with Crippen LogP contribution in [0.2, 0.25) is 0 Å². The topological polar surface area (TPSA) is 4.93 Å². The van der Waals surface area contributed by atoms with E-state index in [2.05, 4.69) is 12.6 Å². The van der Waals surface area contributed by atoms with Crippen LogP contribution in [0.5, 0.6) is 0 Å². The van der Waals surface area contributed by atoms with Crippen LogP contribution in [0.3, 0.4) is 0 Å². The van der Waals surface area contributed by atoms with Crippen LogP contribution in [0.15, 0.2) is 23.4 Å². The molecule has 0 aromatic carbocycles. The summed E-state index contributed by atoms with van der Waals surface area (Å²) in [5, 5.41) is 1.00. The van der Waals surface area contributed by atoms with Crippen molar-refractivity contribution in [2.45, 2.75) is 5.03 Å². The van der Waals surface area contributed by atoms with E-state index in [-0.39, 0.29) is 0 Å². The quantitative estimate of drug-likeness (QED) is 0.484. The Hall–Kier alpha value is -0.370. The van der Waals surface area contributed by atoms with Gasteiger partial charge in [-0.3, -0.25) is 0 Å². The van der Waals surface area contributed by atoms with Gasteiger partial charge in [0.1, 0.15) is 0 Å². The predicted octanol–water partition coefficient (Wildman–Crippen LogP) is 1.31. The van der Waals surface area contributed by atoms with Crippen molar-refractivity contribution < 1.29 is 0 Å². The maximum absolute atomic E-state index is 4.11. The van der Waals surface area contributed by atoms with E-state index in [0.29, 0.717) is 0 Å². The molecule has 1 aromatic rings. The highest BCUT2D eigenvalue weighted by molar-refractivity contribution is 7.80. The second-order valence-corrected chi connectivity index (χ2v) is 1.94. The fourth-order valence-corrected chi connectivity index (χ4v) is 0.605. The predicted molar refractivity (Wildman–Crippen MR) is 32.7 cm³/mol. The van der Waals surface area contributed by atoms with Crippen LogP contribution in [-0.4, -0.2) is 4.57 Å². The van der Waals surface area contributed by atoms with Gasteiger partial charge in [-0.2, -0.15) is 0 Å². The Bertz CT molecular complexity index is 140. The van der Waals surface area contributed by atoms with Crippen LogP contribution < -0.4 is 0 Å².